The predicted octanol–water partition coefficient (Wildman–Crippen LogP) is 2.28. The maximum atomic E-state index is 12.7. The first-order valence-corrected chi connectivity index (χ1v) is 9.76. The van der Waals surface area contributed by atoms with E-state index in [-0.39, 0.29) is 6.10 Å². The van der Waals surface area contributed by atoms with E-state index >= 15 is 0 Å². The van der Waals surface area contributed by atoms with Crippen molar-refractivity contribution >= 4 is 26.0 Å². The van der Waals surface area contributed by atoms with Crippen LogP contribution in [0.1, 0.15) is 24.8 Å². The van der Waals surface area contributed by atoms with Gasteiger partial charge in [-0.1, -0.05) is 15.9 Å². The van der Waals surface area contributed by atoms with Crippen molar-refractivity contribution in [3.63, 3.8) is 0 Å². The van der Waals surface area contributed by atoms with Crippen molar-refractivity contribution in [2.24, 2.45) is 5.73 Å². The zero-order valence-electron chi connectivity index (χ0n) is 12.8. The Bertz CT molecular complexity index is 579. The fourth-order valence-corrected chi connectivity index (χ4v) is 4.93. The lowest BCUT2D eigenvalue weighted by Crippen LogP contribution is -2.41. The lowest BCUT2D eigenvalue weighted by molar-refractivity contribution is 0.0209. The fraction of sp³-hybridized carbons (Fsp3) is 0.600. The molecule has 1 heterocycles. The Hall–Kier alpha value is -0.470. The van der Waals surface area contributed by atoms with Gasteiger partial charge in [-0.05, 0) is 56.5 Å². The highest BCUT2D eigenvalue weighted by Crippen LogP contribution is 2.25. The minimum Gasteiger partial charge on any atom is -0.378 e. The second-order valence-corrected chi connectivity index (χ2v) is 8.43. The average Bonchev–Trinajstić information content (AvgIpc) is 2.47. The normalized spacial score (nSPS) is 17.8. The third-order valence-corrected chi connectivity index (χ3v) is 6.09. The molecular weight excluding hydrogens is 368 g/mol. The van der Waals surface area contributed by atoms with Crippen LogP contribution >= 0.6 is 15.9 Å². The van der Waals surface area contributed by atoms with Gasteiger partial charge in [0.05, 0.1) is 11.0 Å². The van der Waals surface area contributed by atoms with Gasteiger partial charge < -0.3 is 10.5 Å². The van der Waals surface area contributed by atoms with Gasteiger partial charge in [-0.15, -0.1) is 0 Å². The molecule has 1 fully saturated rings. The average molecular weight is 391 g/mol. The Labute approximate surface area is 141 Å². The van der Waals surface area contributed by atoms with Crippen molar-refractivity contribution < 1.29 is 13.2 Å². The van der Waals surface area contributed by atoms with E-state index < -0.39 is 10.0 Å². The zero-order chi connectivity index (χ0) is 16.2. The standard InChI is InChI=1S/C15H23BrN2O3S/c1-12-9-13(16)11-15(10-12)22(19,20)18-6-3-14(4-7-18)21-8-2-5-17/h9-11,14H,2-8,17H2,1H3. The Morgan fingerprint density at radius 1 is 1.32 bits per heavy atom. The number of nitrogens with zero attached hydrogens (tertiary/aromatic N) is 1. The molecule has 2 N–H and O–H groups in total. The largest absolute Gasteiger partial charge is 0.378 e. The van der Waals surface area contributed by atoms with Gasteiger partial charge in [0, 0.05) is 24.2 Å². The maximum absolute atomic E-state index is 12.7. The molecular formula is C15H23BrN2O3S. The molecule has 22 heavy (non-hydrogen) atoms. The highest BCUT2D eigenvalue weighted by atomic mass is 79.9. The molecule has 0 radical (unpaired) electrons. The number of piperidine rings is 1. The summed E-state index contributed by atoms with van der Waals surface area (Å²) < 4.78 is 33.5. The fourth-order valence-electron chi connectivity index (χ4n) is 2.57. The smallest absolute Gasteiger partial charge is 0.243 e. The molecule has 1 aliphatic rings. The molecule has 0 atom stereocenters. The number of benzene rings is 1. The monoisotopic (exact) mass is 390 g/mol. The number of aryl methyl sites for hydroxylation is 1. The molecule has 1 saturated heterocycles. The van der Waals surface area contributed by atoms with Gasteiger partial charge in [-0.3, -0.25) is 0 Å². The third kappa shape index (κ3) is 4.52. The van der Waals surface area contributed by atoms with Gasteiger partial charge in [0.25, 0.3) is 0 Å². The molecule has 124 valence electrons. The SMILES string of the molecule is Cc1cc(Br)cc(S(=O)(=O)N2CCC(OCCCN)CC2)c1. The molecule has 0 aliphatic carbocycles. The highest BCUT2D eigenvalue weighted by Gasteiger charge is 2.29. The first kappa shape index (κ1) is 17.9. The summed E-state index contributed by atoms with van der Waals surface area (Å²) in [5.74, 6) is 0. The summed E-state index contributed by atoms with van der Waals surface area (Å²) in [6, 6.07) is 5.27. The van der Waals surface area contributed by atoms with E-state index in [2.05, 4.69) is 15.9 Å². The third-order valence-electron chi connectivity index (χ3n) is 3.76. The first-order chi connectivity index (χ1) is 10.4. The first-order valence-electron chi connectivity index (χ1n) is 7.52. The quantitative estimate of drug-likeness (QED) is 0.756. The molecule has 0 unspecified atom stereocenters. The van der Waals surface area contributed by atoms with Crippen molar-refractivity contribution in [1.82, 2.24) is 4.31 Å². The second-order valence-electron chi connectivity index (χ2n) is 5.58. The topological polar surface area (TPSA) is 72.6 Å². The Kier molecular flexibility index (Phi) is 6.40. The van der Waals surface area contributed by atoms with E-state index in [9.17, 15) is 8.42 Å². The van der Waals surface area contributed by atoms with Crippen LogP contribution < -0.4 is 5.73 Å². The second kappa shape index (κ2) is 7.88. The number of halogens is 1. The van der Waals surface area contributed by atoms with Crippen LogP contribution in [0.2, 0.25) is 0 Å². The molecule has 5 nitrogen and oxygen atoms in total. The van der Waals surface area contributed by atoms with Crippen molar-refractivity contribution in [2.45, 2.75) is 37.2 Å². The van der Waals surface area contributed by atoms with Crippen LogP contribution in [0, 0.1) is 6.92 Å². The summed E-state index contributed by atoms with van der Waals surface area (Å²) in [5, 5.41) is 0. The van der Waals surface area contributed by atoms with Crippen LogP contribution in [0.3, 0.4) is 0 Å². The van der Waals surface area contributed by atoms with E-state index in [0.29, 0.717) is 31.1 Å². The lowest BCUT2D eigenvalue weighted by atomic mass is 10.1. The lowest BCUT2D eigenvalue weighted by Gasteiger charge is -2.31. The molecule has 0 amide bonds. The van der Waals surface area contributed by atoms with Gasteiger partial charge in [0.2, 0.25) is 10.0 Å². The number of hydrogen-bond donors (Lipinski definition) is 1. The van der Waals surface area contributed by atoms with Crippen molar-refractivity contribution in [1.29, 1.82) is 0 Å². The van der Waals surface area contributed by atoms with Gasteiger partial charge in [0.15, 0.2) is 0 Å². The zero-order valence-corrected chi connectivity index (χ0v) is 15.2. The van der Waals surface area contributed by atoms with E-state index in [1.165, 1.54) is 0 Å². The summed E-state index contributed by atoms with van der Waals surface area (Å²) in [6.07, 6.45) is 2.45. The number of ether oxygens (including phenoxy) is 1. The number of nitrogens with two attached hydrogens (primary N) is 1. The number of rotatable bonds is 6. The van der Waals surface area contributed by atoms with E-state index in [1.54, 1.807) is 16.4 Å². The molecule has 0 aromatic heterocycles. The number of sulfonamides is 1. The summed E-state index contributed by atoms with van der Waals surface area (Å²) in [5.41, 5.74) is 6.36. The van der Waals surface area contributed by atoms with Crippen molar-refractivity contribution in [3.05, 3.63) is 28.2 Å². The Balaban J connectivity index is 2.00. The molecule has 7 heteroatoms. The molecule has 0 saturated carbocycles. The van der Waals surface area contributed by atoms with Gasteiger partial charge in [-0.2, -0.15) is 4.31 Å². The van der Waals surface area contributed by atoms with Crippen molar-refractivity contribution in [2.75, 3.05) is 26.2 Å². The van der Waals surface area contributed by atoms with E-state index in [0.717, 1.165) is 29.3 Å². The van der Waals surface area contributed by atoms with Crippen LogP contribution in [0.15, 0.2) is 27.6 Å². The summed E-state index contributed by atoms with van der Waals surface area (Å²) in [7, 11) is -3.43. The van der Waals surface area contributed by atoms with Crippen LogP contribution in [-0.2, 0) is 14.8 Å². The molecule has 1 aromatic carbocycles. The predicted molar refractivity (Wildman–Crippen MR) is 90.3 cm³/mol. The van der Waals surface area contributed by atoms with Crippen LogP contribution in [0.5, 0.6) is 0 Å². The minimum atomic E-state index is -3.43. The molecule has 2 rings (SSSR count). The van der Waals surface area contributed by atoms with Gasteiger partial charge in [-0.25, -0.2) is 8.42 Å². The number of hydrogen-bond acceptors (Lipinski definition) is 4. The van der Waals surface area contributed by atoms with Gasteiger partial charge in [0.1, 0.15) is 0 Å². The summed E-state index contributed by atoms with van der Waals surface area (Å²) in [6.45, 7) is 4.16. The van der Waals surface area contributed by atoms with Crippen molar-refractivity contribution in [3.8, 4) is 0 Å². The van der Waals surface area contributed by atoms with E-state index in [4.69, 9.17) is 10.5 Å². The molecule has 0 bridgehead atoms. The molecule has 0 spiro atoms. The maximum Gasteiger partial charge on any atom is 0.243 e. The Morgan fingerprint density at radius 3 is 2.59 bits per heavy atom. The minimum absolute atomic E-state index is 0.141. The van der Waals surface area contributed by atoms with Gasteiger partial charge >= 0.3 is 0 Å². The van der Waals surface area contributed by atoms with E-state index in [1.807, 2.05) is 13.0 Å². The summed E-state index contributed by atoms with van der Waals surface area (Å²) in [4.78, 5) is 0.349. The van der Waals surface area contributed by atoms with Crippen LogP contribution in [-0.4, -0.2) is 45.1 Å². The highest BCUT2D eigenvalue weighted by molar-refractivity contribution is 9.10. The summed E-state index contributed by atoms with van der Waals surface area (Å²) >= 11 is 3.36. The van der Waals surface area contributed by atoms with Crippen LogP contribution in [0.25, 0.3) is 0 Å². The molecule has 1 aromatic rings. The van der Waals surface area contributed by atoms with Crippen LogP contribution in [0.4, 0.5) is 0 Å². The Morgan fingerprint density at radius 2 is 2.00 bits per heavy atom. The molecule has 1 aliphatic heterocycles.